The third kappa shape index (κ3) is 6.76. The summed E-state index contributed by atoms with van der Waals surface area (Å²) in [4.78, 5) is 20.3. The highest BCUT2D eigenvalue weighted by Gasteiger charge is 2.18. The number of anilines is 3. The summed E-state index contributed by atoms with van der Waals surface area (Å²) in [6.45, 7) is 1.14. The summed E-state index contributed by atoms with van der Waals surface area (Å²) >= 11 is 0. The molecule has 214 valence electrons. The molecule has 42 heavy (non-hydrogen) atoms. The number of benzene rings is 4. The molecule has 0 aliphatic rings. The van der Waals surface area contributed by atoms with Crippen LogP contribution in [-0.4, -0.2) is 27.8 Å². The van der Waals surface area contributed by atoms with E-state index >= 15 is 0 Å². The number of hydrogen-bond acceptors (Lipinski definition) is 6. The van der Waals surface area contributed by atoms with Crippen molar-refractivity contribution in [2.24, 2.45) is 12.8 Å². The fraction of sp³-hybridized carbons (Fsp3) is 0.182. The zero-order valence-corrected chi connectivity index (χ0v) is 23.7. The lowest BCUT2D eigenvalue weighted by Crippen LogP contribution is -2.37. The molecule has 0 aliphatic heterocycles. The normalized spacial score (nSPS) is 11.1. The average molecular weight is 561 g/mol. The van der Waals surface area contributed by atoms with Crippen molar-refractivity contribution >= 4 is 39.8 Å². The molecule has 1 heterocycles. The van der Waals surface area contributed by atoms with Gasteiger partial charge in [-0.15, -0.1) is 0 Å². The number of carbonyl (C=O) groups is 1. The molecule has 0 radical (unpaired) electrons. The predicted octanol–water partition coefficient (Wildman–Crippen LogP) is 4.13. The molecular formula is C33H36N8O. The van der Waals surface area contributed by atoms with Gasteiger partial charge in [-0.1, -0.05) is 48.5 Å². The number of fused-ring (bicyclic) bond motifs is 1. The number of amides is 1. The number of amidine groups is 1. The zero-order valence-electron chi connectivity index (χ0n) is 23.7. The van der Waals surface area contributed by atoms with Crippen LogP contribution in [-0.2, 0) is 37.8 Å². The van der Waals surface area contributed by atoms with Crippen LogP contribution in [0.5, 0.6) is 0 Å². The molecule has 0 saturated carbocycles. The second kappa shape index (κ2) is 12.6. The summed E-state index contributed by atoms with van der Waals surface area (Å²) in [5.74, 6) is 0.973. The van der Waals surface area contributed by atoms with Crippen molar-refractivity contribution in [2.45, 2.75) is 25.9 Å². The van der Waals surface area contributed by atoms with Crippen LogP contribution >= 0.6 is 0 Å². The number of nitrogens with zero attached hydrogens (tertiary/aromatic N) is 3. The molecule has 8 N–H and O–H groups in total. The molecule has 5 rings (SSSR count). The Hall–Kier alpha value is -5.15. The molecule has 0 bridgehead atoms. The van der Waals surface area contributed by atoms with Gasteiger partial charge in [-0.2, -0.15) is 0 Å². The number of rotatable bonds is 11. The molecule has 4 aromatic carbocycles. The summed E-state index contributed by atoms with van der Waals surface area (Å²) in [6, 6.07) is 28.9. The van der Waals surface area contributed by atoms with Crippen LogP contribution in [0, 0.1) is 5.41 Å². The third-order valence-corrected chi connectivity index (χ3v) is 7.38. The van der Waals surface area contributed by atoms with Crippen LogP contribution in [0.25, 0.3) is 11.0 Å². The molecule has 1 amide bonds. The molecule has 0 unspecified atom stereocenters. The summed E-state index contributed by atoms with van der Waals surface area (Å²) in [7, 11) is 2.02. The Morgan fingerprint density at radius 2 is 1.48 bits per heavy atom. The van der Waals surface area contributed by atoms with Gasteiger partial charge in [0.2, 0.25) is 5.91 Å². The number of aryl methyl sites for hydroxylation is 3. The average Bonchev–Trinajstić information content (AvgIpc) is 3.31. The molecule has 0 fully saturated rings. The molecule has 0 saturated heterocycles. The van der Waals surface area contributed by atoms with Gasteiger partial charge in [0.15, 0.2) is 0 Å². The number of nitrogens with one attached hydrogen (secondary N) is 2. The number of aromatic nitrogens is 2. The first-order valence-corrected chi connectivity index (χ1v) is 13.9. The minimum atomic E-state index is -0.0493. The van der Waals surface area contributed by atoms with E-state index in [1.165, 1.54) is 0 Å². The molecule has 9 heteroatoms. The van der Waals surface area contributed by atoms with Crippen LogP contribution < -0.4 is 27.4 Å². The Morgan fingerprint density at radius 1 is 0.857 bits per heavy atom. The minimum Gasteiger partial charge on any atom is -0.399 e. The molecule has 5 aromatic rings. The van der Waals surface area contributed by atoms with E-state index in [-0.39, 0.29) is 18.3 Å². The SMILES string of the molecule is Cn1c(CCc2ccc(C(=N)N)cc2)nc2cc(N(Cc3ccc(N)cc3)C(=O)CNCc3ccc(N)cc3)ccc21. The van der Waals surface area contributed by atoms with E-state index in [4.69, 9.17) is 27.6 Å². The highest BCUT2D eigenvalue weighted by atomic mass is 16.2. The Labute approximate surface area is 245 Å². The first-order chi connectivity index (χ1) is 20.3. The van der Waals surface area contributed by atoms with Crippen molar-refractivity contribution in [1.29, 1.82) is 5.41 Å². The fourth-order valence-electron chi connectivity index (χ4n) is 4.91. The van der Waals surface area contributed by atoms with Crippen molar-refractivity contribution < 1.29 is 4.79 Å². The van der Waals surface area contributed by atoms with Crippen LogP contribution in [0.4, 0.5) is 17.1 Å². The minimum absolute atomic E-state index is 0.0493. The molecule has 9 nitrogen and oxygen atoms in total. The molecule has 0 spiro atoms. The molecule has 0 atom stereocenters. The van der Waals surface area contributed by atoms with E-state index in [0.717, 1.165) is 52.1 Å². The zero-order chi connectivity index (χ0) is 29.6. The van der Waals surface area contributed by atoms with E-state index in [2.05, 4.69) is 9.88 Å². The van der Waals surface area contributed by atoms with Gasteiger partial charge < -0.3 is 32.0 Å². The maximum Gasteiger partial charge on any atom is 0.241 e. The Bertz CT molecular complexity index is 1690. The molecular weight excluding hydrogens is 524 g/mol. The van der Waals surface area contributed by atoms with Gasteiger partial charge in [0, 0.05) is 42.6 Å². The lowest BCUT2D eigenvalue weighted by atomic mass is 10.1. The first kappa shape index (κ1) is 28.4. The molecule has 1 aromatic heterocycles. The van der Waals surface area contributed by atoms with E-state index in [1.54, 1.807) is 4.90 Å². The number of imidazole rings is 1. The molecule has 0 aliphatic carbocycles. The predicted molar refractivity (Wildman–Crippen MR) is 170 cm³/mol. The lowest BCUT2D eigenvalue weighted by Gasteiger charge is -2.23. The van der Waals surface area contributed by atoms with Crippen LogP contribution in [0.2, 0.25) is 0 Å². The second-order valence-corrected chi connectivity index (χ2v) is 10.4. The third-order valence-electron chi connectivity index (χ3n) is 7.38. The Morgan fingerprint density at radius 3 is 2.12 bits per heavy atom. The van der Waals surface area contributed by atoms with Crippen molar-refractivity contribution in [2.75, 3.05) is 22.9 Å². The number of carbonyl (C=O) groups excluding carboxylic acids is 1. The first-order valence-electron chi connectivity index (χ1n) is 13.9. The standard InChI is InChI=1S/C33H36N8O/c1-40-30-16-15-28(18-29(30)39-31(40)17-8-22-2-9-25(10-3-22)33(36)37)41(21-24-6-13-27(35)14-7-24)32(42)20-38-19-23-4-11-26(34)12-5-23/h2-7,9-16,18,38H,8,17,19-21,34-35H2,1H3,(H3,36,37). The Kier molecular flexibility index (Phi) is 8.50. The van der Waals surface area contributed by atoms with E-state index in [0.29, 0.717) is 30.0 Å². The van der Waals surface area contributed by atoms with Gasteiger partial charge >= 0.3 is 0 Å². The van der Waals surface area contributed by atoms with Crippen molar-refractivity contribution in [3.8, 4) is 0 Å². The van der Waals surface area contributed by atoms with Gasteiger partial charge in [-0.25, -0.2) is 4.98 Å². The summed E-state index contributed by atoms with van der Waals surface area (Å²) in [5.41, 5.74) is 25.2. The smallest absolute Gasteiger partial charge is 0.241 e. The number of nitrogen functional groups attached to an aromatic ring is 3. The quantitative estimate of drug-likeness (QED) is 0.0931. The topological polar surface area (TPSA) is 152 Å². The van der Waals surface area contributed by atoms with E-state index < -0.39 is 0 Å². The van der Waals surface area contributed by atoms with Gasteiger partial charge in [0.25, 0.3) is 0 Å². The number of hydrogen-bond donors (Lipinski definition) is 5. The highest BCUT2D eigenvalue weighted by molar-refractivity contribution is 5.96. The monoisotopic (exact) mass is 560 g/mol. The van der Waals surface area contributed by atoms with Crippen molar-refractivity contribution in [1.82, 2.24) is 14.9 Å². The largest absolute Gasteiger partial charge is 0.399 e. The van der Waals surface area contributed by atoms with Gasteiger partial charge in [0.1, 0.15) is 11.7 Å². The van der Waals surface area contributed by atoms with E-state index in [9.17, 15) is 4.79 Å². The Balaban J connectivity index is 1.34. The van der Waals surface area contributed by atoms with Gasteiger partial charge in [-0.05, 0) is 65.6 Å². The van der Waals surface area contributed by atoms with Crippen molar-refractivity contribution in [3.63, 3.8) is 0 Å². The maximum absolute atomic E-state index is 13.6. The summed E-state index contributed by atoms with van der Waals surface area (Å²) < 4.78 is 2.10. The van der Waals surface area contributed by atoms with E-state index in [1.807, 2.05) is 98.0 Å². The highest BCUT2D eigenvalue weighted by Crippen LogP contribution is 2.25. The summed E-state index contributed by atoms with van der Waals surface area (Å²) in [5, 5.41) is 10.8. The van der Waals surface area contributed by atoms with Crippen LogP contribution in [0.1, 0.15) is 28.1 Å². The van der Waals surface area contributed by atoms with Gasteiger partial charge in [-0.3, -0.25) is 10.2 Å². The van der Waals surface area contributed by atoms with Crippen molar-refractivity contribution in [3.05, 3.63) is 119 Å². The second-order valence-electron chi connectivity index (χ2n) is 10.4. The number of nitrogens with two attached hydrogens (primary N) is 3. The fourth-order valence-corrected chi connectivity index (χ4v) is 4.91. The maximum atomic E-state index is 13.6. The summed E-state index contributed by atoms with van der Waals surface area (Å²) in [6.07, 6.45) is 1.56. The van der Waals surface area contributed by atoms with Gasteiger partial charge in [0.05, 0.1) is 24.1 Å². The van der Waals surface area contributed by atoms with Crippen LogP contribution in [0.15, 0.2) is 91.0 Å². The van der Waals surface area contributed by atoms with Crippen LogP contribution in [0.3, 0.4) is 0 Å². The lowest BCUT2D eigenvalue weighted by molar-refractivity contribution is -0.118.